The molecule has 1 aliphatic rings. The van der Waals surface area contributed by atoms with Gasteiger partial charge in [-0.25, -0.2) is 0 Å². The zero-order valence-corrected chi connectivity index (χ0v) is 19.5. The lowest BCUT2D eigenvalue weighted by Crippen LogP contribution is -2.45. The average Bonchev–Trinajstić information content (AvgIpc) is 2.83. The highest BCUT2D eigenvalue weighted by Gasteiger charge is 2.31. The van der Waals surface area contributed by atoms with Gasteiger partial charge in [-0.2, -0.15) is 0 Å². The Hall–Kier alpha value is -3.64. The van der Waals surface area contributed by atoms with E-state index in [1.165, 1.54) is 5.56 Å². The summed E-state index contributed by atoms with van der Waals surface area (Å²) in [6, 6.07) is 25.2. The summed E-state index contributed by atoms with van der Waals surface area (Å²) in [5.41, 5.74) is 5.17. The van der Waals surface area contributed by atoms with Gasteiger partial charge in [-0.15, -0.1) is 0 Å². The van der Waals surface area contributed by atoms with Crippen molar-refractivity contribution >= 4 is 28.9 Å². The molecule has 0 fully saturated rings. The lowest BCUT2D eigenvalue weighted by Gasteiger charge is -2.31. The molecule has 0 spiro atoms. The fourth-order valence-corrected chi connectivity index (χ4v) is 4.11. The second-order valence-corrected chi connectivity index (χ2v) is 8.30. The fourth-order valence-electron chi connectivity index (χ4n) is 3.84. The lowest BCUT2D eigenvalue weighted by atomic mass is 9.94. The Balaban J connectivity index is 1.61. The Bertz CT molecular complexity index is 1170. The summed E-state index contributed by atoms with van der Waals surface area (Å²) in [5.74, 6) is 0.510. The zero-order valence-electron chi connectivity index (χ0n) is 18.7. The predicted octanol–water partition coefficient (Wildman–Crippen LogP) is 5.26. The summed E-state index contributed by atoms with van der Waals surface area (Å²) in [6.45, 7) is 4.40. The van der Waals surface area contributed by atoms with Gasteiger partial charge in [0.1, 0.15) is 12.4 Å². The van der Waals surface area contributed by atoms with Crippen molar-refractivity contribution in [2.24, 2.45) is 0 Å². The van der Waals surface area contributed by atoms with E-state index in [-0.39, 0.29) is 5.91 Å². The predicted molar refractivity (Wildman–Crippen MR) is 136 cm³/mol. The van der Waals surface area contributed by atoms with Crippen molar-refractivity contribution in [3.8, 4) is 5.75 Å². The Labute approximate surface area is 199 Å². The van der Waals surface area contributed by atoms with Gasteiger partial charge < -0.3 is 20.7 Å². The van der Waals surface area contributed by atoms with Gasteiger partial charge in [0, 0.05) is 16.9 Å². The molecule has 0 bridgehead atoms. The topological polar surface area (TPSA) is 62.4 Å². The lowest BCUT2D eigenvalue weighted by molar-refractivity contribution is -0.113. The molecule has 1 aliphatic heterocycles. The highest BCUT2D eigenvalue weighted by molar-refractivity contribution is 7.80. The maximum atomic E-state index is 13.4. The van der Waals surface area contributed by atoms with Crippen LogP contribution in [0.5, 0.6) is 5.75 Å². The third-order valence-electron chi connectivity index (χ3n) is 5.60. The van der Waals surface area contributed by atoms with Crippen LogP contribution in [0.3, 0.4) is 0 Å². The Morgan fingerprint density at radius 1 is 0.970 bits per heavy atom. The number of thiocarbonyl (C=S) groups is 1. The number of para-hydroxylation sites is 1. The van der Waals surface area contributed by atoms with Crippen LogP contribution in [0.15, 0.2) is 90.1 Å². The number of hydrogen-bond donors (Lipinski definition) is 3. The van der Waals surface area contributed by atoms with Gasteiger partial charge in [-0.1, -0.05) is 67.6 Å². The van der Waals surface area contributed by atoms with E-state index in [0.717, 1.165) is 23.2 Å². The normalized spacial score (nSPS) is 15.5. The van der Waals surface area contributed by atoms with Gasteiger partial charge in [-0.05, 0) is 54.9 Å². The number of benzene rings is 3. The monoisotopic (exact) mass is 457 g/mol. The molecule has 0 saturated heterocycles. The van der Waals surface area contributed by atoms with Gasteiger partial charge in [0.2, 0.25) is 0 Å². The van der Waals surface area contributed by atoms with Crippen molar-refractivity contribution in [3.05, 3.63) is 107 Å². The van der Waals surface area contributed by atoms with Crippen molar-refractivity contribution in [1.29, 1.82) is 0 Å². The second-order valence-electron chi connectivity index (χ2n) is 7.89. The van der Waals surface area contributed by atoms with Crippen molar-refractivity contribution in [2.45, 2.75) is 32.9 Å². The van der Waals surface area contributed by atoms with E-state index in [1.807, 2.05) is 85.8 Å². The van der Waals surface area contributed by atoms with E-state index < -0.39 is 6.04 Å². The van der Waals surface area contributed by atoms with Crippen LogP contribution in [0.1, 0.15) is 36.6 Å². The molecule has 5 nitrogen and oxygen atoms in total. The molecule has 0 aliphatic carbocycles. The molecule has 3 N–H and O–H groups in total. The zero-order chi connectivity index (χ0) is 23.2. The summed E-state index contributed by atoms with van der Waals surface area (Å²) in [5, 5.41) is 9.84. The first-order chi connectivity index (χ1) is 16.0. The van der Waals surface area contributed by atoms with Gasteiger partial charge in [-0.3, -0.25) is 4.79 Å². The number of carbonyl (C=O) groups is 1. The van der Waals surface area contributed by atoms with Crippen LogP contribution < -0.4 is 20.7 Å². The highest BCUT2D eigenvalue weighted by atomic mass is 32.1. The smallest absolute Gasteiger partial charge is 0.255 e. The molecule has 0 aromatic heterocycles. The van der Waals surface area contributed by atoms with E-state index >= 15 is 0 Å². The first-order valence-corrected chi connectivity index (χ1v) is 11.4. The maximum absolute atomic E-state index is 13.4. The molecule has 3 aromatic carbocycles. The molecule has 168 valence electrons. The van der Waals surface area contributed by atoms with E-state index in [1.54, 1.807) is 0 Å². The number of rotatable bonds is 7. The van der Waals surface area contributed by atoms with Crippen LogP contribution in [0.2, 0.25) is 0 Å². The minimum atomic E-state index is -0.444. The Morgan fingerprint density at radius 3 is 2.39 bits per heavy atom. The molecule has 0 saturated carbocycles. The van der Waals surface area contributed by atoms with E-state index in [2.05, 4.69) is 22.9 Å². The first kappa shape index (κ1) is 22.6. The minimum Gasteiger partial charge on any atom is -0.489 e. The number of nitrogens with one attached hydrogen (secondary N) is 3. The van der Waals surface area contributed by atoms with E-state index in [0.29, 0.717) is 28.7 Å². The first-order valence-electron chi connectivity index (χ1n) is 11.0. The number of allylic oxidation sites excluding steroid dienone is 1. The molecular formula is C27H27N3O2S. The van der Waals surface area contributed by atoms with Crippen molar-refractivity contribution in [1.82, 2.24) is 10.6 Å². The van der Waals surface area contributed by atoms with E-state index in [4.69, 9.17) is 17.0 Å². The van der Waals surface area contributed by atoms with E-state index in [9.17, 15) is 4.79 Å². The highest BCUT2D eigenvalue weighted by Crippen LogP contribution is 2.34. The molecule has 33 heavy (non-hydrogen) atoms. The number of hydrogen-bond acceptors (Lipinski definition) is 3. The standard InChI is InChI=1S/C27H27N3O2S/c1-3-19-13-15-21(16-14-19)29-26(31)24-18(2)28-27(33)30-25(24)22-11-7-8-12-23(22)32-17-20-9-5-4-6-10-20/h4-16,25H,3,17H2,1-2H3,(H,29,31)(H2,28,30,33)/t25-/m1/s1. The average molecular weight is 458 g/mol. The SMILES string of the molecule is CCc1ccc(NC(=O)C2=C(C)NC(=S)N[C@@H]2c2ccccc2OCc2ccccc2)cc1. The van der Waals surface area contributed by atoms with Gasteiger partial charge >= 0.3 is 0 Å². The molecule has 1 atom stereocenters. The summed E-state index contributed by atoms with van der Waals surface area (Å²) in [6.07, 6.45) is 0.950. The number of carbonyl (C=O) groups excluding carboxylic acids is 1. The number of amides is 1. The molecule has 0 radical (unpaired) electrons. The second kappa shape index (κ2) is 10.3. The van der Waals surface area contributed by atoms with Crippen LogP contribution >= 0.6 is 12.2 Å². The molecular weight excluding hydrogens is 430 g/mol. The molecule has 1 heterocycles. The minimum absolute atomic E-state index is 0.192. The molecule has 3 aromatic rings. The number of ether oxygens (including phenoxy) is 1. The third-order valence-corrected chi connectivity index (χ3v) is 5.82. The van der Waals surface area contributed by atoms with Gasteiger partial charge in [0.05, 0.1) is 11.6 Å². The Kier molecular flexibility index (Phi) is 7.05. The fraction of sp³-hybridized carbons (Fsp3) is 0.185. The maximum Gasteiger partial charge on any atom is 0.255 e. The van der Waals surface area contributed by atoms with Crippen molar-refractivity contribution in [3.63, 3.8) is 0 Å². The number of aryl methyl sites for hydroxylation is 1. The summed E-state index contributed by atoms with van der Waals surface area (Å²) >= 11 is 5.41. The van der Waals surface area contributed by atoms with Crippen LogP contribution in [0, 0.1) is 0 Å². The van der Waals surface area contributed by atoms with Gasteiger partial charge in [0.25, 0.3) is 5.91 Å². The largest absolute Gasteiger partial charge is 0.489 e. The molecule has 0 unspecified atom stereocenters. The van der Waals surface area contributed by atoms with Crippen molar-refractivity contribution in [2.75, 3.05) is 5.32 Å². The van der Waals surface area contributed by atoms with Crippen LogP contribution in [-0.4, -0.2) is 11.0 Å². The Morgan fingerprint density at radius 2 is 1.67 bits per heavy atom. The third kappa shape index (κ3) is 5.41. The van der Waals surface area contributed by atoms with Crippen LogP contribution in [0.4, 0.5) is 5.69 Å². The summed E-state index contributed by atoms with van der Waals surface area (Å²) < 4.78 is 6.16. The molecule has 4 rings (SSSR count). The molecule has 6 heteroatoms. The quantitative estimate of drug-likeness (QED) is 0.423. The molecule has 1 amide bonds. The van der Waals surface area contributed by atoms with Crippen LogP contribution in [-0.2, 0) is 17.8 Å². The van der Waals surface area contributed by atoms with Gasteiger partial charge in [0.15, 0.2) is 5.11 Å². The summed E-state index contributed by atoms with van der Waals surface area (Å²) in [4.78, 5) is 13.4. The van der Waals surface area contributed by atoms with Crippen LogP contribution in [0.25, 0.3) is 0 Å². The number of anilines is 1. The van der Waals surface area contributed by atoms with Crippen molar-refractivity contribution < 1.29 is 9.53 Å². The summed E-state index contributed by atoms with van der Waals surface area (Å²) in [7, 11) is 0.